The largest absolute Gasteiger partial charge is 0.460 e. The molecule has 0 bridgehead atoms. The van der Waals surface area contributed by atoms with E-state index in [0.717, 1.165) is 11.1 Å². The Bertz CT molecular complexity index is 2080. The van der Waals surface area contributed by atoms with Gasteiger partial charge in [-0.05, 0) is 85.9 Å². The number of rotatable bonds is 13. The summed E-state index contributed by atoms with van der Waals surface area (Å²) in [7, 11) is 3.30. The van der Waals surface area contributed by atoms with Crippen molar-refractivity contribution < 1.29 is 48.0 Å². The van der Waals surface area contributed by atoms with Crippen LogP contribution in [0.15, 0.2) is 90.5 Å². The fraction of sp³-hybridized carbons (Fsp3) is 0.400. The molecule has 3 aromatic carbocycles. The third kappa shape index (κ3) is 10.6. The highest BCUT2D eigenvalue weighted by atomic mass is 16.8. The van der Waals surface area contributed by atoms with Crippen molar-refractivity contribution in [2.45, 2.75) is 95.2 Å². The van der Waals surface area contributed by atoms with Crippen LogP contribution >= 0.6 is 0 Å². The first kappa shape index (κ1) is 42.0. The number of aliphatic hydroxyl groups excluding tert-OH is 1. The first-order valence-corrected chi connectivity index (χ1v) is 19.4. The van der Waals surface area contributed by atoms with E-state index < -0.39 is 59.5 Å². The van der Waals surface area contributed by atoms with Gasteiger partial charge in [0.05, 0.1) is 18.2 Å². The van der Waals surface area contributed by atoms with Gasteiger partial charge in [0.1, 0.15) is 23.9 Å². The van der Waals surface area contributed by atoms with Crippen molar-refractivity contribution in [1.29, 1.82) is 0 Å². The Morgan fingerprint density at radius 2 is 1.64 bits per heavy atom. The molecule has 4 atom stereocenters. The predicted molar refractivity (Wildman–Crippen MR) is 214 cm³/mol. The van der Waals surface area contributed by atoms with E-state index in [2.05, 4.69) is 10.6 Å². The van der Waals surface area contributed by atoms with Crippen LogP contribution in [0.2, 0.25) is 0 Å². The number of amides is 3. The molecule has 3 N–H and O–H groups in total. The summed E-state index contributed by atoms with van der Waals surface area (Å²) in [5, 5.41) is 15.6. The third-order valence-electron chi connectivity index (χ3n) is 10.1. The number of hydrogen-bond donors (Lipinski definition) is 3. The van der Waals surface area contributed by atoms with Gasteiger partial charge in [0.2, 0.25) is 11.8 Å². The fourth-order valence-electron chi connectivity index (χ4n) is 7.23. The van der Waals surface area contributed by atoms with Crippen molar-refractivity contribution in [3.63, 3.8) is 0 Å². The van der Waals surface area contributed by atoms with Gasteiger partial charge in [-0.1, -0.05) is 48.5 Å². The lowest BCUT2D eigenvalue weighted by Crippen LogP contribution is -2.43. The smallest absolute Gasteiger partial charge is 0.338 e. The number of nitrogens with zero attached hydrogens (tertiary/aromatic N) is 1. The molecule has 0 saturated carbocycles. The van der Waals surface area contributed by atoms with Crippen molar-refractivity contribution in [2.24, 2.45) is 0 Å². The van der Waals surface area contributed by atoms with Crippen molar-refractivity contribution in [3.05, 3.63) is 124 Å². The number of aliphatic hydroxyl groups is 1. The van der Waals surface area contributed by atoms with E-state index in [-0.39, 0.29) is 43.9 Å². The number of carbonyl (C=O) groups is 5. The maximum absolute atomic E-state index is 13.8. The molecule has 1 aliphatic heterocycles. The molecule has 58 heavy (non-hydrogen) atoms. The summed E-state index contributed by atoms with van der Waals surface area (Å²) in [5.74, 6) is -3.03. The van der Waals surface area contributed by atoms with Gasteiger partial charge in [-0.25, -0.2) is 4.79 Å². The first-order chi connectivity index (χ1) is 27.6. The van der Waals surface area contributed by atoms with Crippen molar-refractivity contribution in [3.8, 4) is 0 Å². The minimum Gasteiger partial charge on any atom is -0.460 e. The SMILES string of the molecule is CN(C)C(=O)C=Cc1cccc(C(=O)O[C@@H]2CC(C(=O)NCc3cccc(C(=O)N[C@H](CO)CCC(=O)OC(C)(C)C)c3)=C[C@H]3OC4(Cc5ccccc5C4)O[C@H]32)c1. The number of carbonyl (C=O) groups excluding carboxylic acids is 5. The van der Waals surface area contributed by atoms with E-state index in [4.69, 9.17) is 18.9 Å². The van der Waals surface area contributed by atoms with Crippen LogP contribution < -0.4 is 10.6 Å². The zero-order chi connectivity index (χ0) is 41.6. The standard InChI is InChI=1S/C45H51N3O10/c1-44(2,3)57-39(51)19-17-35(27-49)47-42(53)30-14-9-11-29(21-30)26-46-41(52)34-22-36(55-43(54)31-15-8-10-28(20-31)16-18-38(50)48(4)5)40-37(23-34)56-45(58-40)24-32-12-6-7-13-33(32)25-45/h6-16,18,20-21,23,35-37,40,49H,17,19,22,24-27H2,1-5H3,(H,46,52)(H,47,53)/t35-,36+,37+,40-/m0/s1. The summed E-state index contributed by atoms with van der Waals surface area (Å²) in [4.78, 5) is 66.3. The van der Waals surface area contributed by atoms with Crippen LogP contribution in [0.5, 0.6) is 0 Å². The highest BCUT2D eigenvalue weighted by Gasteiger charge is 2.55. The minimum atomic E-state index is -0.971. The Labute approximate surface area is 338 Å². The molecule has 6 rings (SSSR count). The van der Waals surface area contributed by atoms with Crippen LogP contribution in [0, 0.1) is 0 Å². The average Bonchev–Trinajstić information content (AvgIpc) is 3.74. The first-order valence-electron chi connectivity index (χ1n) is 19.4. The molecule has 1 spiro atoms. The van der Waals surface area contributed by atoms with Crippen LogP contribution in [0.4, 0.5) is 0 Å². The lowest BCUT2D eigenvalue weighted by Gasteiger charge is -2.30. The highest BCUT2D eigenvalue weighted by molar-refractivity contribution is 5.96. The molecule has 3 aliphatic rings. The zero-order valence-electron chi connectivity index (χ0n) is 33.5. The van der Waals surface area contributed by atoms with E-state index in [1.807, 2.05) is 24.3 Å². The number of nitrogens with one attached hydrogen (secondary N) is 2. The second-order valence-corrected chi connectivity index (χ2v) is 16.1. The molecule has 3 aromatic rings. The Kier molecular flexibility index (Phi) is 12.9. The number of fused-ring (bicyclic) bond motifs is 2. The van der Waals surface area contributed by atoms with Crippen molar-refractivity contribution in [1.82, 2.24) is 15.5 Å². The van der Waals surface area contributed by atoms with Gasteiger partial charge in [0.15, 0.2) is 5.79 Å². The minimum absolute atomic E-state index is 0.0312. The van der Waals surface area contributed by atoms with Crippen LogP contribution in [-0.4, -0.2) is 96.1 Å². The van der Waals surface area contributed by atoms with E-state index in [1.54, 1.807) is 95.5 Å². The molecule has 2 aliphatic carbocycles. The van der Waals surface area contributed by atoms with Gasteiger partial charge in [0, 0.05) is 63.5 Å². The Hall–Kier alpha value is -5.63. The molecular formula is C45H51N3O10. The number of ether oxygens (including phenoxy) is 4. The van der Waals surface area contributed by atoms with Gasteiger partial charge in [0.25, 0.3) is 5.91 Å². The summed E-state index contributed by atoms with van der Waals surface area (Å²) in [6.45, 7) is 5.04. The Balaban J connectivity index is 1.13. The van der Waals surface area contributed by atoms with Gasteiger partial charge in [-0.2, -0.15) is 0 Å². The van der Waals surface area contributed by atoms with Crippen LogP contribution in [-0.2, 0) is 52.7 Å². The molecule has 3 amide bonds. The molecule has 0 radical (unpaired) electrons. The summed E-state index contributed by atoms with van der Waals surface area (Å²) in [6, 6.07) is 20.8. The summed E-state index contributed by atoms with van der Waals surface area (Å²) in [5.41, 5.74) is 3.82. The third-order valence-corrected chi connectivity index (χ3v) is 10.1. The van der Waals surface area contributed by atoms with E-state index in [1.165, 1.54) is 11.0 Å². The predicted octanol–water partition coefficient (Wildman–Crippen LogP) is 4.45. The zero-order valence-corrected chi connectivity index (χ0v) is 33.5. The van der Waals surface area contributed by atoms with Crippen LogP contribution in [0.1, 0.15) is 83.0 Å². The van der Waals surface area contributed by atoms with Gasteiger partial charge < -0.3 is 39.6 Å². The van der Waals surface area contributed by atoms with Gasteiger partial charge >= 0.3 is 11.9 Å². The van der Waals surface area contributed by atoms with Gasteiger partial charge in [-0.15, -0.1) is 0 Å². The van der Waals surface area contributed by atoms with Crippen LogP contribution in [0.25, 0.3) is 6.08 Å². The molecular weight excluding hydrogens is 743 g/mol. The topological polar surface area (TPSA) is 170 Å². The molecule has 1 heterocycles. The quantitative estimate of drug-likeness (QED) is 0.166. The Morgan fingerprint density at radius 1 is 0.931 bits per heavy atom. The lowest BCUT2D eigenvalue weighted by molar-refractivity contribution is -0.172. The van der Waals surface area contributed by atoms with Crippen molar-refractivity contribution >= 4 is 35.7 Å². The molecule has 1 fully saturated rings. The second-order valence-electron chi connectivity index (χ2n) is 16.1. The average molecular weight is 794 g/mol. The molecule has 0 aromatic heterocycles. The monoisotopic (exact) mass is 793 g/mol. The second kappa shape index (κ2) is 17.9. The van der Waals surface area contributed by atoms with E-state index in [0.29, 0.717) is 35.1 Å². The Morgan fingerprint density at radius 3 is 2.33 bits per heavy atom. The maximum Gasteiger partial charge on any atom is 0.338 e. The molecule has 1 saturated heterocycles. The molecule has 0 unspecified atom stereocenters. The number of benzene rings is 3. The summed E-state index contributed by atoms with van der Waals surface area (Å²) >= 11 is 0. The lowest BCUT2D eigenvalue weighted by atomic mass is 9.91. The van der Waals surface area contributed by atoms with Gasteiger partial charge in [-0.3, -0.25) is 19.2 Å². The summed E-state index contributed by atoms with van der Waals surface area (Å²) in [6.07, 6.45) is 3.91. The number of esters is 2. The highest BCUT2D eigenvalue weighted by Crippen LogP contribution is 2.45. The maximum atomic E-state index is 13.8. The van der Waals surface area contributed by atoms with E-state index in [9.17, 15) is 29.1 Å². The number of hydrogen-bond acceptors (Lipinski definition) is 10. The van der Waals surface area contributed by atoms with Crippen LogP contribution in [0.3, 0.4) is 0 Å². The number of likely N-dealkylation sites (N-methyl/N-ethyl adjacent to an activating group) is 1. The van der Waals surface area contributed by atoms with E-state index >= 15 is 0 Å². The summed E-state index contributed by atoms with van der Waals surface area (Å²) < 4.78 is 24.7. The molecule has 13 heteroatoms. The van der Waals surface area contributed by atoms with Crippen molar-refractivity contribution in [2.75, 3.05) is 20.7 Å². The molecule has 13 nitrogen and oxygen atoms in total. The fourth-order valence-corrected chi connectivity index (χ4v) is 7.23. The normalized spacial score (nSPS) is 19.8. The molecule has 306 valence electrons.